The van der Waals surface area contributed by atoms with Crippen molar-refractivity contribution in [3.63, 3.8) is 0 Å². The summed E-state index contributed by atoms with van der Waals surface area (Å²) in [5.74, 6) is -3.00. The number of aromatic nitrogens is 4. The van der Waals surface area contributed by atoms with Crippen molar-refractivity contribution < 1.29 is 27.1 Å². The zero-order chi connectivity index (χ0) is 26.6. The molecule has 38 heavy (non-hydrogen) atoms. The summed E-state index contributed by atoms with van der Waals surface area (Å²) in [5, 5.41) is 2.74. The van der Waals surface area contributed by atoms with E-state index in [1.807, 2.05) is 0 Å². The Balaban J connectivity index is 1.58. The van der Waals surface area contributed by atoms with Gasteiger partial charge in [0.2, 0.25) is 0 Å². The number of alkyl halides is 3. The van der Waals surface area contributed by atoms with Crippen LogP contribution in [0, 0.1) is 5.82 Å². The SMILES string of the molecule is O=C(OC(Cc1cncc2ccccc12)c1nc2c3cc[nH]c(=O)c3c3cc(F)ccc3c2[nH]1)C(F)(F)F. The molecule has 6 aromatic rings. The Hall–Kier alpha value is -4.80. The van der Waals surface area contributed by atoms with Gasteiger partial charge in [0.05, 0.1) is 16.4 Å². The molecule has 0 saturated carbocycles. The van der Waals surface area contributed by atoms with Gasteiger partial charge in [-0.2, -0.15) is 13.2 Å². The van der Waals surface area contributed by atoms with Crippen molar-refractivity contribution in [3.8, 4) is 0 Å². The zero-order valence-electron chi connectivity index (χ0n) is 19.3. The highest BCUT2D eigenvalue weighted by molar-refractivity contribution is 6.22. The highest BCUT2D eigenvalue weighted by atomic mass is 19.4. The summed E-state index contributed by atoms with van der Waals surface area (Å²) in [6, 6.07) is 12.6. The Morgan fingerprint density at radius 1 is 1.00 bits per heavy atom. The fourth-order valence-corrected chi connectivity index (χ4v) is 4.75. The molecule has 1 atom stereocenters. The first kappa shape index (κ1) is 23.6. The Bertz CT molecular complexity index is 1940. The third kappa shape index (κ3) is 3.92. The molecule has 2 N–H and O–H groups in total. The van der Waals surface area contributed by atoms with Crippen LogP contribution in [0.25, 0.3) is 43.4 Å². The fourth-order valence-electron chi connectivity index (χ4n) is 4.75. The predicted octanol–water partition coefficient (Wildman–Crippen LogP) is 5.63. The molecule has 0 radical (unpaired) electrons. The molecule has 0 spiro atoms. The smallest absolute Gasteiger partial charge is 0.447 e. The van der Waals surface area contributed by atoms with E-state index in [0.717, 1.165) is 10.8 Å². The summed E-state index contributed by atoms with van der Waals surface area (Å²) in [6.45, 7) is 0. The van der Waals surface area contributed by atoms with Gasteiger partial charge >= 0.3 is 12.1 Å². The Morgan fingerprint density at radius 3 is 2.63 bits per heavy atom. The second-order valence-corrected chi connectivity index (χ2v) is 8.75. The van der Waals surface area contributed by atoms with Gasteiger partial charge in [0.1, 0.15) is 11.6 Å². The van der Waals surface area contributed by atoms with Gasteiger partial charge in [0, 0.05) is 46.6 Å². The summed E-state index contributed by atoms with van der Waals surface area (Å²) in [5.41, 5.74) is 0.685. The molecule has 0 fully saturated rings. The van der Waals surface area contributed by atoms with Crippen LogP contribution in [-0.4, -0.2) is 32.1 Å². The molecule has 6 rings (SSSR count). The first-order chi connectivity index (χ1) is 18.2. The lowest BCUT2D eigenvalue weighted by Crippen LogP contribution is -2.28. The van der Waals surface area contributed by atoms with E-state index in [-0.39, 0.29) is 23.1 Å². The standard InChI is InChI=1S/C27H16F4N4O3/c28-15-5-6-17-19(10-15)21-18(7-8-33-25(21)36)23-22(17)34-24(35-23)20(38-26(37)27(29,30)31)9-14-12-32-11-13-3-1-2-4-16(13)14/h1-8,10-12,20H,9H2,(H,33,36)(H,34,35). The number of carbonyl (C=O) groups is 1. The minimum atomic E-state index is -5.23. The maximum atomic E-state index is 14.1. The Kier molecular flexibility index (Phi) is 5.37. The lowest BCUT2D eigenvalue weighted by molar-refractivity contribution is -0.205. The van der Waals surface area contributed by atoms with Crippen LogP contribution in [-0.2, 0) is 16.0 Å². The molecule has 0 aliphatic rings. The number of imidazole rings is 1. The van der Waals surface area contributed by atoms with Crippen LogP contribution in [0.5, 0.6) is 0 Å². The summed E-state index contributed by atoms with van der Waals surface area (Å²) >= 11 is 0. The van der Waals surface area contributed by atoms with Crippen molar-refractivity contribution in [2.24, 2.45) is 0 Å². The van der Waals surface area contributed by atoms with Crippen molar-refractivity contribution in [3.05, 3.63) is 94.7 Å². The number of hydrogen-bond acceptors (Lipinski definition) is 5. The molecule has 11 heteroatoms. The number of halogens is 4. The Labute approximate surface area is 210 Å². The van der Waals surface area contributed by atoms with Crippen molar-refractivity contribution >= 4 is 49.3 Å². The van der Waals surface area contributed by atoms with Gasteiger partial charge in [0.15, 0.2) is 6.10 Å². The predicted molar refractivity (Wildman–Crippen MR) is 132 cm³/mol. The number of nitrogens with one attached hydrogen (secondary N) is 2. The number of fused-ring (bicyclic) bond motifs is 7. The molecule has 1 unspecified atom stereocenters. The molecule has 0 aliphatic carbocycles. The quantitative estimate of drug-likeness (QED) is 0.178. The van der Waals surface area contributed by atoms with Crippen LogP contribution in [0.15, 0.2) is 71.9 Å². The van der Waals surface area contributed by atoms with E-state index in [1.165, 1.54) is 30.6 Å². The molecule has 3 heterocycles. The van der Waals surface area contributed by atoms with E-state index in [9.17, 15) is 27.2 Å². The fraction of sp³-hybridized carbons (Fsp3) is 0.111. The zero-order valence-corrected chi connectivity index (χ0v) is 19.3. The molecule has 190 valence electrons. The van der Waals surface area contributed by atoms with Crippen LogP contribution < -0.4 is 5.56 Å². The molecular weight excluding hydrogens is 504 g/mol. The molecule has 0 amide bonds. The van der Waals surface area contributed by atoms with Gasteiger partial charge in [0.25, 0.3) is 5.56 Å². The lowest BCUT2D eigenvalue weighted by Gasteiger charge is -2.18. The van der Waals surface area contributed by atoms with Crippen LogP contribution in [0.1, 0.15) is 17.5 Å². The van der Waals surface area contributed by atoms with Crippen molar-refractivity contribution in [1.29, 1.82) is 0 Å². The molecule has 3 aromatic heterocycles. The molecule has 0 bridgehead atoms. The average Bonchev–Trinajstić information content (AvgIpc) is 3.34. The minimum absolute atomic E-state index is 0.0658. The topological polar surface area (TPSA) is 101 Å². The number of benzene rings is 3. The number of carbonyl (C=O) groups excluding carboxylic acids is 1. The molecule has 0 aliphatic heterocycles. The van der Waals surface area contributed by atoms with Crippen molar-refractivity contribution in [2.75, 3.05) is 0 Å². The number of aromatic amines is 2. The van der Waals surface area contributed by atoms with Gasteiger partial charge in [-0.3, -0.25) is 9.78 Å². The van der Waals surface area contributed by atoms with E-state index in [2.05, 4.69) is 19.9 Å². The summed E-state index contributed by atoms with van der Waals surface area (Å²) in [6.07, 6.45) is -2.37. The summed E-state index contributed by atoms with van der Waals surface area (Å²) in [4.78, 5) is 38.8. The van der Waals surface area contributed by atoms with Crippen LogP contribution in [0.3, 0.4) is 0 Å². The number of hydrogen-bond donors (Lipinski definition) is 2. The largest absolute Gasteiger partial charge is 0.490 e. The van der Waals surface area contributed by atoms with Gasteiger partial charge < -0.3 is 14.7 Å². The monoisotopic (exact) mass is 520 g/mol. The molecule has 0 saturated heterocycles. The maximum absolute atomic E-state index is 14.1. The number of rotatable bonds is 4. The average molecular weight is 520 g/mol. The van der Waals surface area contributed by atoms with Crippen molar-refractivity contribution in [1.82, 2.24) is 19.9 Å². The van der Waals surface area contributed by atoms with E-state index in [0.29, 0.717) is 27.2 Å². The summed E-state index contributed by atoms with van der Waals surface area (Å²) < 4.78 is 58.8. The first-order valence-electron chi connectivity index (χ1n) is 11.4. The Morgan fingerprint density at radius 2 is 1.82 bits per heavy atom. The highest BCUT2D eigenvalue weighted by Crippen LogP contribution is 2.35. The van der Waals surface area contributed by atoms with Gasteiger partial charge in [-0.05, 0) is 35.2 Å². The van der Waals surface area contributed by atoms with Gasteiger partial charge in [-0.1, -0.05) is 24.3 Å². The second-order valence-electron chi connectivity index (χ2n) is 8.75. The first-order valence-corrected chi connectivity index (χ1v) is 11.4. The van der Waals surface area contributed by atoms with E-state index < -0.39 is 29.6 Å². The maximum Gasteiger partial charge on any atom is 0.490 e. The third-order valence-electron chi connectivity index (χ3n) is 6.40. The summed E-state index contributed by atoms with van der Waals surface area (Å²) in [7, 11) is 0. The lowest BCUT2D eigenvalue weighted by atomic mass is 10.0. The van der Waals surface area contributed by atoms with Gasteiger partial charge in [-0.15, -0.1) is 0 Å². The van der Waals surface area contributed by atoms with E-state index in [4.69, 9.17) is 4.74 Å². The molecular formula is C27H16F4N4O3. The number of pyridine rings is 2. The van der Waals surface area contributed by atoms with Crippen LogP contribution in [0.2, 0.25) is 0 Å². The number of ether oxygens (including phenoxy) is 1. The minimum Gasteiger partial charge on any atom is -0.447 e. The highest BCUT2D eigenvalue weighted by Gasteiger charge is 2.43. The number of H-pyrrole nitrogens is 2. The number of nitrogens with zero attached hydrogens (tertiary/aromatic N) is 2. The van der Waals surface area contributed by atoms with Gasteiger partial charge in [-0.25, -0.2) is 14.2 Å². The normalized spacial score (nSPS) is 12.9. The molecule has 7 nitrogen and oxygen atoms in total. The van der Waals surface area contributed by atoms with E-state index in [1.54, 1.807) is 36.5 Å². The third-order valence-corrected chi connectivity index (χ3v) is 6.40. The van der Waals surface area contributed by atoms with Crippen LogP contribution >= 0.6 is 0 Å². The van der Waals surface area contributed by atoms with Crippen LogP contribution in [0.4, 0.5) is 17.6 Å². The van der Waals surface area contributed by atoms with Crippen molar-refractivity contribution in [2.45, 2.75) is 18.7 Å². The molecule has 3 aromatic carbocycles. The van der Waals surface area contributed by atoms with E-state index >= 15 is 0 Å². The second kappa shape index (κ2) is 8.65. The number of esters is 1.